The highest BCUT2D eigenvalue weighted by atomic mass is 16.5. The average molecular weight is 310 g/mol. The summed E-state index contributed by atoms with van der Waals surface area (Å²) in [6.45, 7) is 5.19. The van der Waals surface area contributed by atoms with Crippen LogP contribution in [0, 0.1) is 0 Å². The van der Waals surface area contributed by atoms with Crippen molar-refractivity contribution in [2.24, 2.45) is 12.0 Å². The van der Waals surface area contributed by atoms with Gasteiger partial charge in [-0.3, -0.25) is 9.67 Å². The van der Waals surface area contributed by atoms with E-state index in [1.807, 2.05) is 24.1 Å². The molecule has 126 valence electrons. The Morgan fingerprint density at radius 3 is 2.77 bits per heavy atom. The van der Waals surface area contributed by atoms with Crippen molar-refractivity contribution in [3.63, 3.8) is 0 Å². The molecule has 0 saturated heterocycles. The molecule has 0 aliphatic heterocycles. The molecule has 0 fully saturated rings. The maximum absolute atomic E-state index is 5.06. The first-order chi connectivity index (χ1) is 10.6. The molecule has 0 aliphatic rings. The number of hydrogen-bond acceptors (Lipinski definition) is 4. The highest BCUT2D eigenvalue weighted by Gasteiger charge is 2.15. The van der Waals surface area contributed by atoms with Crippen LogP contribution >= 0.6 is 0 Å². The summed E-state index contributed by atoms with van der Waals surface area (Å²) in [6, 6.07) is 0.211. The van der Waals surface area contributed by atoms with Gasteiger partial charge in [-0.15, -0.1) is 0 Å². The molecule has 1 rings (SSSR count). The van der Waals surface area contributed by atoms with Gasteiger partial charge in [0.1, 0.15) is 0 Å². The molecular weight excluding hydrogens is 280 g/mol. The predicted octanol–water partition coefficient (Wildman–Crippen LogP) is 0.614. The molecule has 0 aromatic carbocycles. The van der Waals surface area contributed by atoms with Crippen molar-refractivity contribution in [2.45, 2.75) is 19.4 Å². The SMILES string of the molecule is CCNC(=NCC(c1cnn(C)c1)N(C)C)NCCCOC. The van der Waals surface area contributed by atoms with E-state index < -0.39 is 0 Å². The number of aryl methyl sites for hydroxylation is 1. The minimum Gasteiger partial charge on any atom is -0.385 e. The van der Waals surface area contributed by atoms with E-state index >= 15 is 0 Å². The lowest BCUT2D eigenvalue weighted by molar-refractivity contribution is 0.195. The molecule has 1 aromatic heterocycles. The van der Waals surface area contributed by atoms with E-state index in [1.54, 1.807) is 7.11 Å². The van der Waals surface area contributed by atoms with Crippen molar-refractivity contribution < 1.29 is 4.74 Å². The van der Waals surface area contributed by atoms with Gasteiger partial charge in [0, 0.05) is 45.6 Å². The first-order valence-corrected chi connectivity index (χ1v) is 7.74. The summed E-state index contributed by atoms with van der Waals surface area (Å²) in [5.41, 5.74) is 1.17. The molecule has 0 aliphatic carbocycles. The van der Waals surface area contributed by atoms with Gasteiger partial charge in [0.15, 0.2) is 5.96 Å². The Hall–Kier alpha value is -1.60. The standard InChI is InChI=1S/C15H30N6O/c1-6-16-15(17-8-7-9-22-5)18-11-14(20(2)3)13-10-19-21(4)12-13/h10,12,14H,6-9,11H2,1-5H3,(H2,16,17,18). The van der Waals surface area contributed by atoms with Crippen molar-refractivity contribution >= 4 is 5.96 Å². The van der Waals surface area contributed by atoms with E-state index in [0.29, 0.717) is 6.54 Å². The van der Waals surface area contributed by atoms with Crippen molar-refractivity contribution in [3.05, 3.63) is 18.0 Å². The van der Waals surface area contributed by atoms with Gasteiger partial charge in [-0.1, -0.05) is 0 Å². The minimum absolute atomic E-state index is 0.211. The predicted molar refractivity (Wildman–Crippen MR) is 90.1 cm³/mol. The van der Waals surface area contributed by atoms with E-state index in [9.17, 15) is 0 Å². The Kier molecular flexibility index (Phi) is 8.54. The van der Waals surface area contributed by atoms with Crippen LogP contribution < -0.4 is 10.6 Å². The molecule has 0 spiro atoms. The fourth-order valence-corrected chi connectivity index (χ4v) is 2.12. The number of rotatable bonds is 9. The van der Waals surface area contributed by atoms with Gasteiger partial charge in [-0.25, -0.2) is 0 Å². The highest BCUT2D eigenvalue weighted by Crippen LogP contribution is 2.17. The molecule has 0 radical (unpaired) electrons. The van der Waals surface area contributed by atoms with Crippen LogP contribution in [0.1, 0.15) is 24.9 Å². The van der Waals surface area contributed by atoms with Gasteiger partial charge < -0.3 is 20.3 Å². The fraction of sp³-hybridized carbons (Fsp3) is 0.733. The monoisotopic (exact) mass is 310 g/mol. The Bertz CT molecular complexity index is 443. The second-order valence-corrected chi connectivity index (χ2v) is 5.42. The summed E-state index contributed by atoms with van der Waals surface area (Å²) in [5, 5.41) is 10.8. The van der Waals surface area contributed by atoms with Gasteiger partial charge in [0.05, 0.1) is 18.8 Å². The molecule has 2 N–H and O–H groups in total. The molecule has 7 nitrogen and oxygen atoms in total. The van der Waals surface area contributed by atoms with Gasteiger partial charge in [0.25, 0.3) is 0 Å². The number of hydrogen-bond donors (Lipinski definition) is 2. The minimum atomic E-state index is 0.211. The zero-order chi connectivity index (χ0) is 16.4. The number of guanidine groups is 1. The van der Waals surface area contributed by atoms with Gasteiger partial charge in [-0.05, 0) is 27.4 Å². The quantitative estimate of drug-likeness (QED) is 0.397. The molecule has 1 unspecified atom stereocenters. The molecule has 7 heteroatoms. The molecule has 1 heterocycles. The molecule has 0 bridgehead atoms. The largest absolute Gasteiger partial charge is 0.385 e. The first kappa shape index (κ1) is 18.4. The van der Waals surface area contributed by atoms with Crippen LogP contribution in [-0.4, -0.2) is 68.1 Å². The molecular formula is C15H30N6O. The van der Waals surface area contributed by atoms with Crippen LogP contribution in [0.4, 0.5) is 0 Å². The van der Waals surface area contributed by atoms with Gasteiger partial charge in [0.2, 0.25) is 0 Å². The lowest BCUT2D eigenvalue weighted by Crippen LogP contribution is -2.38. The number of nitrogens with one attached hydrogen (secondary N) is 2. The second kappa shape index (κ2) is 10.2. The topological polar surface area (TPSA) is 66.7 Å². The number of nitrogens with zero attached hydrogens (tertiary/aromatic N) is 4. The highest BCUT2D eigenvalue weighted by molar-refractivity contribution is 5.79. The summed E-state index contributed by atoms with van der Waals surface area (Å²) in [5.74, 6) is 0.842. The summed E-state index contributed by atoms with van der Waals surface area (Å²) in [7, 11) is 7.77. The molecule has 1 aromatic rings. The Labute approximate surface area is 133 Å². The number of ether oxygens (including phenoxy) is 1. The number of likely N-dealkylation sites (N-methyl/N-ethyl adjacent to an activating group) is 1. The summed E-state index contributed by atoms with van der Waals surface area (Å²) in [4.78, 5) is 6.85. The third kappa shape index (κ3) is 6.44. The van der Waals surface area contributed by atoms with Crippen molar-refractivity contribution in [2.75, 3.05) is 47.4 Å². The normalized spacial score (nSPS) is 13.5. The lowest BCUT2D eigenvalue weighted by atomic mass is 10.1. The zero-order valence-corrected chi connectivity index (χ0v) is 14.5. The van der Waals surface area contributed by atoms with Crippen LogP contribution in [0.25, 0.3) is 0 Å². The van der Waals surface area contributed by atoms with Crippen molar-refractivity contribution in [1.29, 1.82) is 0 Å². The molecule has 0 amide bonds. The van der Waals surface area contributed by atoms with Crippen LogP contribution in [0.2, 0.25) is 0 Å². The van der Waals surface area contributed by atoms with Crippen molar-refractivity contribution in [1.82, 2.24) is 25.3 Å². The maximum Gasteiger partial charge on any atom is 0.191 e. The number of methoxy groups -OCH3 is 1. The van der Waals surface area contributed by atoms with Gasteiger partial charge in [-0.2, -0.15) is 5.10 Å². The second-order valence-electron chi connectivity index (χ2n) is 5.42. The molecule has 22 heavy (non-hydrogen) atoms. The first-order valence-electron chi connectivity index (χ1n) is 7.74. The van der Waals surface area contributed by atoms with Crippen LogP contribution in [-0.2, 0) is 11.8 Å². The number of aromatic nitrogens is 2. The summed E-state index contributed by atoms with van der Waals surface area (Å²) >= 11 is 0. The molecule has 1 atom stereocenters. The van der Waals surface area contributed by atoms with E-state index in [2.05, 4.69) is 41.7 Å². The fourth-order valence-electron chi connectivity index (χ4n) is 2.12. The Morgan fingerprint density at radius 1 is 1.45 bits per heavy atom. The number of aliphatic imine (C=N–C) groups is 1. The summed E-state index contributed by atoms with van der Waals surface area (Å²) in [6.07, 6.45) is 4.90. The van der Waals surface area contributed by atoms with E-state index in [0.717, 1.165) is 32.1 Å². The van der Waals surface area contributed by atoms with Gasteiger partial charge >= 0.3 is 0 Å². The summed E-state index contributed by atoms with van der Waals surface area (Å²) < 4.78 is 6.88. The zero-order valence-electron chi connectivity index (χ0n) is 14.5. The Balaban J connectivity index is 2.64. The van der Waals surface area contributed by atoms with Crippen LogP contribution in [0.15, 0.2) is 17.4 Å². The maximum atomic E-state index is 5.06. The smallest absolute Gasteiger partial charge is 0.191 e. The average Bonchev–Trinajstić information content (AvgIpc) is 2.89. The van der Waals surface area contributed by atoms with Crippen LogP contribution in [0.3, 0.4) is 0 Å². The van der Waals surface area contributed by atoms with Crippen molar-refractivity contribution in [3.8, 4) is 0 Å². The van der Waals surface area contributed by atoms with E-state index in [4.69, 9.17) is 9.73 Å². The van der Waals surface area contributed by atoms with E-state index in [-0.39, 0.29) is 6.04 Å². The van der Waals surface area contributed by atoms with Crippen LogP contribution in [0.5, 0.6) is 0 Å². The Morgan fingerprint density at radius 2 is 2.23 bits per heavy atom. The lowest BCUT2D eigenvalue weighted by Gasteiger charge is -2.22. The third-order valence-electron chi connectivity index (χ3n) is 3.32. The third-order valence-corrected chi connectivity index (χ3v) is 3.32. The van der Waals surface area contributed by atoms with E-state index in [1.165, 1.54) is 5.56 Å². The molecule has 0 saturated carbocycles.